The molecule has 0 atom stereocenters. The molecule has 4 nitrogen and oxygen atoms in total. The van der Waals surface area contributed by atoms with Crippen molar-refractivity contribution < 1.29 is 4.79 Å². The molecular formula is C8H12BrN3OS. The number of likely N-dealkylation sites (N-methyl/N-ethyl adjacent to an activating group) is 2. The van der Waals surface area contributed by atoms with Gasteiger partial charge in [0.25, 0.3) is 0 Å². The minimum Gasteiger partial charge on any atom is -0.347 e. The molecule has 1 heterocycles. The fourth-order valence-electron chi connectivity index (χ4n) is 0.833. The summed E-state index contributed by atoms with van der Waals surface area (Å²) in [5.74, 6) is 0.0684. The van der Waals surface area contributed by atoms with Gasteiger partial charge in [-0.3, -0.25) is 4.79 Å². The Labute approximate surface area is 95.7 Å². The molecule has 1 amide bonds. The normalized spacial score (nSPS) is 10.0. The van der Waals surface area contributed by atoms with Gasteiger partial charge in [0.05, 0.1) is 6.54 Å². The van der Waals surface area contributed by atoms with Gasteiger partial charge in [-0.25, -0.2) is 4.98 Å². The summed E-state index contributed by atoms with van der Waals surface area (Å²) < 4.78 is 0.807. The van der Waals surface area contributed by atoms with Crippen LogP contribution in [0.25, 0.3) is 0 Å². The quantitative estimate of drug-likeness (QED) is 0.839. The van der Waals surface area contributed by atoms with E-state index in [2.05, 4.69) is 20.9 Å². The molecule has 0 saturated carbocycles. The SMILES string of the molecule is CN(C)C(=O)CN(C)c1nc(Br)cs1. The Kier molecular flexibility index (Phi) is 3.88. The van der Waals surface area contributed by atoms with Crippen molar-refractivity contribution in [2.45, 2.75) is 0 Å². The lowest BCUT2D eigenvalue weighted by molar-refractivity contribution is -0.127. The number of carbonyl (C=O) groups excluding carboxylic acids is 1. The number of hydrogen-bond donors (Lipinski definition) is 0. The number of rotatable bonds is 3. The van der Waals surface area contributed by atoms with Crippen LogP contribution in [0.1, 0.15) is 0 Å². The Morgan fingerprint density at radius 2 is 2.21 bits per heavy atom. The molecule has 14 heavy (non-hydrogen) atoms. The topological polar surface area (TPSA) is 36.4 Å². The van der Waals surface area contributed by atoms with Crippen LogP contribution in [0, 0.1) is 0 Å². The van der Waals surface area contributed by atoms with Gasteiger partial charge in [0.2, 0.25) is 5.91 Å². The van der Waals surface area contributed by atoms with E-state index in [0.717, 1.165) is 9.73 Å². The van der Waals surface area contributed by atoms with Crippen molar-refractivity contribution in [1.29, 1.82) is 0 Å². The molecular weight excluding hydrogens is 266 g/mol. The van der Waals surface area contributed by atoms with Gasteiger partial charge < -0.3 is 9.80 Å². The first kappa shape index (κ1) is 11.5. The molecule has 0 aromatic carbocycles. The van der Waals surface area contributed by atoms with Crippen molar-refractivity contribution in [2.75, 3.05) is 32.6 Å². The smallest absolute Gasteiger partial charge is 0.241 e. The molecule has 0 aliphatic rings. The van der Waals surface area contributed by atoms with Crippen LogP contribution in [0.5, 0.6) is 0 Å². The monoisotopic (exact) mass is 277 g/mol. The lowest BCUT2D eigenvalue weighted by Crippen LogP contribution is -2.34. The highest BCUT2D eigenvalue weighted by Gasteiger charge is 2.11. The summed E-state index contributed by atoms with van der Waals surface area (Å²) in [5, 5.41) is 2.73. The van der Waals surface area contributed by atoms with E-state index in [1.54, 1.807) is 19.0 Å². The van der Waals surface area contributed by atoms with E-state index >= 15 is 0 Å². The highest BCUT2D eigenvalue weighted by atomic mass is 79.9. The number of thiazole rings is 1. The summed E-state index contributed by atoms with van der Waals surface area (Å²) in [4.78, 5) is 19.0. The fraction of sp³-hybridized carbons (Fsp3) is 0.500. The molecule has 0 saturated heterocycles. The van der Waals surface area contributed by atoms with Gasteiger partial charge in [0.15, 0.2) is 5.13 Å². The van der Waals surface area contributed by atoms with Crippen molar-refractivity contribution in [1.82, 2.24) is 9.88 Å². The van der Waals surface area contributed by atoms with E-state index in [0.29, 0.717) is 6.54 Å². The molecule has 0 aliphatic heterocycles. The molecule has 6 heteroatoms. The summed E-state index contributed by atoms with van der Waals surface area (Å²) in [6, 6.07) is 0. The van der Waals surface area contributed by atoms with Crippen LogP contribution in [0.2, 0.25) is 0 Å². The number of nitrogens with zero attached hydrogens (tertiary/aromatic N) is 3. The maximum Gasteiger partial charge on any atom is 0.241 e. The summed E-state index contributed by atoms with van der Waals surface area (Å²) in [6.07, 6.45) is 0. The van der Waals surface area contributed by atoms with Crippen molar-refractivity contribution in [3.8, 4) is 0 Å². The van der Waals surface area contributed by atoms with Crippen LogP contribution in [-0.2, 0) is 4.79 Å². The Morgan fingerprint density at radius 3 is 2.64 bits per heavy atom. The number of halogens is 1. The number of hydrogen-bond acceptors (Lipinski definition) is 4. The second-order valence-electron chi connectivity index (χ2n) is 3.10. The predicted molar refractivity (Wildman–Crippen MR) is 61.8 cm³/mol. The maximum absolute atomic E-state index is 11.4. The van der Waals surface area contributed by atoms with Crippen molar-refractivity contribution in [3.05, 3.63) is 9.98 Å². The Balaban J connectivity index is 2.59. The highest BCUT2D eigenvalue weighted by molar-refractivity contribution is 9.10. The second kappa shape index (κ2) is 4.75. The Bertz CT molecular complexity index is 326. The second-order valence-corrected chi connectivity index (χ2v) is 4.75. The highest BCUT2D eigenvalue weighted by Crippen LogP contribution is 2.22. The molecule has 0 N–H and O–H groups in total. The van der Waals surface area contributed by atoms with Gasteiger partial charge in [0.1, 0.15) is 4.60 Å². The van der Waals surface area contributed by atoms with Gasteiger partial charge in [-0.2, -0.15) is 0 Å². The van der Waals surface area contributed by atoms with Crippen LogP contribution in [-0.4, -0.2) is 43.5 Å². The maximum atomic E-state index is 11.4. The van der Waals surface area contributed by atoms with Crippen LogP contribution < -0.4 is 4.90 Å². The average molecular weight is 278 g/mol. The summed E-state index contributed by atoms with van der Waals surface area (Å²) in [6.45, 7) is 0.354. The van der Waals surface area contributed by atoms with Crippen molar-refractivity contribution in [2.24, 2.45) is 0 Å². The van der Waals surface area contributed by atoms with E-state index in [-0.39, 0.29) is 5.91 Å². The van der Waals surface area contributed by atoms with E-state index in [4.69, 9.17) is 0 Å². The molecule has 0 bridgehead atoms. The fourth-order valence-corrected chi connectivity index (χ4v) is 2.05. The molecule has 0 aliphatic carbocycles. The van der Waals surface area contributed by atoms with E-state index < -0.39 is 0 Å². The molecule has 0 fully saturated rings. The zero-order valence-corrected chi connectivity index (χ0v) is 10.7. The zero-order chi connectivity index (χ0) is 10.7. The lowest BCUT2D eigenvalue weighted by atomic mass is 10.5. The number of amides is 1. The molecule has 1 rings (SSSR count). The first-order valence-corrected chi connectivity index (χ1v) is 5.70. The summed E-state index contributed by atoms with van der Waals surface area (Å²) in [7, 11) is 5.34. The third-order valence-electron chi connectivity index (χ3n) is 1.66. The minimum absolute atomic E-state index is 0.0684. The van der Waals surface area contributed by atoms with Crippen LogP contribution in [0.3, 0.4) is 0 Å². The molecule has 1 aromatic heterocycles. The molecule has 0 spiro atoms. The number of aromatic nitrogens is 1. The largest absolute Gasteiger partial charge is 0.347 e. The van der Waals surface area contributed by atoms with Gasteiger partial charge in [0, 0.05) is 26.5 Å². The van der Waals surface area contributed by atoms with E-state index in [1.807, 2.05) is 17.3 Å². The van der Waals surface area contributed by atoms with Gasteiger partial charge in [-0.1, -0.05) is 0 Å². The lowest BCUT2D eigenvalue weighted by Gasteiger charge is -2.17. The first-order valence-electron chi connectivity index (χ1n) is 4.03. The molecule has 0 radical (unpaired) electrons. The van der Waals surface area contributed by atoms with E-state index in [1.165, 1.54) is 11.3 Å². The Hall–Kier alpha value is -0.620. The third-order valence-corrected chi connectivity index (χ3v) is 3.33. The zero-order valence-electron chi connectivity index (χ0n) is 8.32. The van der Waals surface area contributed by atoms with Crippen LogP contribution in [0.15, 0.2) is 9.98 Å². The predicted octanol–water partition coefficient (Wildman–Crippen LogP) is 1.43. The van der Waals surface area contributed by atoms with Crippen molar-refractivity contribution in [3.63, 3.8) is 0 Å². The van der Waals surface area contributed by atoms with E-state index in [9.17, 15) is 4.79 Å². The average Bonchev–Trinajstić information content (AvgIpc) is 2.51. The third kappa shape index (κ3) is 2.95. The van der Waals surface area contributed by atoms with Gasteiger partial charge in [-0.15, -0.1) is 11.3 Å². The summed E-state index contributed by atoms with van der Waals surface area (Å²) in [5.41, 5.74) is 0. The molecule has 78 valence electrons. The van der Waals surface area contributed by atoms with Crippen LogP contribution in [0.4, 0.5) is 5.13 Å². The summed E-state index contributed by atoms with van der Waals surface area (Å²) >= 11 is 4.78. The Morgan fingerprint density at radius 1 is 1.57 bits per heavy atom. The van der Waals surface area contributed by atoms with Gasteiger partial charge in [-0.05, 0) is 15.9 Å². The number of anilines is 1. The minimum atomic E-state index is 0.0684. The number of carbonyl (C=O) groups is 1. The first-order chi connectivity index (χ1) is 6.50. The molecule has 0 unspecified atom stereocenters. The molecule has 1 aromatic rings. The standard InChI is InChI=1S/C8H12BrN3OS/c1-11(2)7(13)4-12(3)8-10-6(9)5-14-8/h5H,4H2,1-3H3. The van der Waals surface area contributed by atoms with Gasteiger partial charge >= 0.3 is 0 Å². The van der Waals surface area contributed by atoms with Crippen molar-refractivity contribution >= 4 is 38.3 Å². The van der Waals surface area contributed by atoms with Crippen LogP contribution >= 0.6 is 27.3 Å².